The molecule has 3 heteroatoms. The maximum atomic E-state index is 13.5. The lowest BCUT2D eigenvalue weighted by atomic mass is 9.33. The average Bonchev–Trinajstić information content (AvgIpc) is 2.81. The van der Waals surface area contributed by atoms with Gasteiger partial charge in [0.15, 0.2) is 0 Å². The summed E-state index contributed by atoms with van der Waals surface area (Å²) in [6, 6.07) is 0. The summed E-state index contributed by atoms with van der Waals surface area (Å²) in [5, 5.41) is 0. The van der Waals surface area contributed by atoms with Crippen molar-refractivity contribution < 1.29 is 14.3 Å². The number of hydrogen-bond acceptors (Lipinski definition) is 3. The molecule has 1 unspecified atom stereocenters. The van der Waals surface area contributed by atoms with Crippen molar-refractivity contribution in [1.82, 2.24) is 0 Å². The van der Waals surface area contributed by atoms with Crippen molar-refractivity contribution in [2.75, 3.05) is 7.11 Å². The quantitative estimate of drug-likeness (QED) is 0.364. The Bertz CT molecular complexity index is 1030. The van der Waals surface area contributed by atoms with Crippen LogP contribution in [0.2, 0.25) is 0 Å². The molecule has 0 aromatic carbocycles. The molecule has 4 saturated carbocycles. The molecule has 0 saturated heterocycles. The molecule has 200 valence electrons. The molecule has 3 nitrogen and oxygen atoms in total. The van der Waals surface area contributed by atoms with Crippen LogP contribution in [0.1, 0.15) is 113 Å². The van der Waals surface area contributed by atoms with Crippen LogP contribution >= 0.6 is 0 Å². The van der Waals surface area contributed by atoms with Gasteiger partial charge in [0.2, 0.25) is 0 Å². The maximum absolute atomic E-state index is 13.5. The molecular weight excluding hydrogens is 444 g/mol. The number of fused-ring (bicyclic) bond motifs is 7. The summed E-state index contributed by atoms with van der Waals surface area (Å²) in [4.78, 5) is 26.6. The number of allylic oxidation sites excluding steroid dienone is 3. The molecular formula is C33H50O3. The van der Waals surface area contributed by atoms with Gasteiger partial charge in [0.05, 0.1) is 12.5 Å². The predicted molar refractivity (Wildman–Crippen MR) is 145 cm³/mol. The van der Waals surface area contributed by atoms with E-state index in [-0.39, 0.29) is 39.0 Å². The zero-order chi connectivity index (χ0) is 26.5. The molecule has 4 fully saturated rings. The number of ether oxygens (including phenoxy) is 1. The standard InChI is InChI=1S/C33H50O3/c1-10-21-19-24-30(6)13-12-25(34)29(4,5)23(30)11-14-31(24,7)32(8)16-18-33(27(35)36-9)17-15-28(2,3)20-22(33)26(21)32/h10,22-24H,1,11-20H2,2-9H3/t22-,23-,24?,30-,31+,32+,33-/m0/s1. The molecule has 5 rings (SSSR count). The van der Waals surface area contributed by atoms with E-state index in [0.29, 0.717) is 24.0 Å². The van der Waals surface area contributed by atoms with E-state index in [1.807, 2.05) is 0 Å². The Kier molecular flexibility index (Phi) is 5.70. The van der Waals surface area contributed by atoms with Crippen molar-refractivity contribution in [2.24, 2.45) is 50.2 Å². The van der Waals surface area contributed by atoms with Crippen LogP contribution in [0.4, 0.5) is 0 Å². The highest BCUT2D eigenvalue weighted by atomic mass is 16.5. The lowest BCUT2D eigenvalue weighted by molar-refractivity contribution is -0.191. The number of carbonyl (C=O) groups excluding carboxylic acids is 2. The van der Waals surface area contributed by atoms with Gasteiger partial charge >= 0.3 is 5.97 Å². The first-order valence-corrected chi connectivity index (χ1v) is 14.6. The number of carbonyl (C=O) groups is 2. The lowest BCUT2D eigenvalue weighted by Gasteiger charge is -2.71. The summed E-state index contributed by atoms with van der Waals surface area (Å²) >= 11 is 0. The minimum absolute atomic E-state index is 0.0106. The third kappa shape index (κ3) is 3.10. The van der Waals surface area contributed by atoms with Crippen molar-refractivity contribution >= 4 is 11.8 Å². The SMILES string of the molecule is C=CC1=C2[C@@H]3CC(C)(C)CC[C@]3(C(=O)OC)CC[C@@]2(C)[C@]2(C)CC[C@H]3C(C)(C)C(=O)CC[C@]3(C)C2C1. The van der Waals surface area contributed by atoms with E-state index < -0.39 is 5.41 Å². The molecule has 0 heterocycles. The van der Waals surface area contributed by atoms with Gasteiger partial charge in [-0.15, -0.1) is 0 Å². The third-order valence-electron chi connectivity index (χ3n) is 13.3. The van der Waals surface area contributed by atoms with Crippen LogP contribution in [0.5, 0.6) is 0 Å². The van der Waals surface area contributed by atoms with Crippen LogP contribution < -0.4 is 0 Å². The minimum atomic E-state index is -0.392. The molecule has 0 aromatic rings. The molecule has 0 radical (unpaired) electrons. The third-order valence-corrected chi connectivity index (χ3v) is 13.3. The fourth-order valence-corrected chi connectivity index (χ4v) is 11.0. The van der Waals surface area contributed by atoms with Crippen LogP contribution in [0, 0.1) is 50.2 Å². The number of ketones is 1. The topological polar surface area (TPSA) is 43.4 Å². The Labute approximate surface area is 219 Å². The average molecular weight is 495 g/mol. The molecule has 0 N–H and O–H groups in total. The Balaban J connectivity index is 1.69. The second kappa shape index (κ2) is 7.82. The van der Waals surface area contributed by atoms with Crippen LogP contribution in [-0.2, 0) is 14.3 Å². The number of methoxy groups -OCH3 is 1. The maximum Gasteiger partial charge on any atom is 0.312 e. The highest BCUT2D eigenvalue weighted by Gasteiger charge is 2.70. The Morgan fingerprint density at radius 2 is 1.61 bits per heavy atom. The van der Waals surface area contributed by atoms with Gasteiger partial charge in [-0.25, -0.2) is 0 Å². The van der Waals surface area contributed by atoms with Crippen molar-refractivity contribution in [3.8, 4) is 0 Å². The molecule has 36 heavy (non-hydrogen) atoms. The summed E-state index contributed by atoms with van der Waals surface area (Å²) < 4.78 is 5.53. The number of rotatable bonds is 2. The van der Waals surface area contributed by atoms with Gasteiger partial charge in [0.25, 0.3) is 0 Å². The monoisotopic (exact) mass is 494 g/mol. The van der Waals surface area contributed by atoms with Gasteiger partial charge in [-0.05, 0) is 103 Å². The van der Waals surface area contributed by atoms with E-state index in [9.17, 15) is 9.59 Å². The van der Waals surface area contributed by atoms with E-state index in [4.69, 9.17) is 4.74 Å². The van der Waals surface area contributed by atoms with E-state index >= 15 is 0 Å². The van der Waals surface area contributed by atoms with Gasteiger partial charge < -0.3 is 4.74 Å². The summed E-state index contributed by atoms with van der Waals surface area (Å²) in [7, 11) is 1.58. The molecule has 7 atom stereocenters. The van der Waals surface area contributed by atoms with Crippen molar-refractivity contribution in [3.63, 3.8) is 0 Å². The first kappa shape index (κ1) is 26.2. The van der Waals surface area contributed by atoms with Crippen LogP contribution in [-0.4, -0.2) is 18.9 Å². The Hall–Kier alpha value is -1.38. The Morgan fingerprint density at radius 1 is 0.944 bits per heavy atom. The smallest absolute Gasteiger partial charge is 0.312 e. The predicted octanol–water partition coefficient (Wildman–Crippen LogP) is 8.09. The zero-order valence-corrected chi connectivity index (χ0v) is 24.3. The van der Waals surface area contributed by atoms with Crippen molar-refractivity contribution in [2.45, 2.75) is 113 Å². The van der Waals surface area contributed by atoms with Crippen LogP contribution in [0.3, 0.4) is 0 Å². The number of Topliss-reactive ketones (excluding diaryl/α,β-unsaturated/α-hetero) is 1. The van der Waals surface area contributed by atoms with Gasteiger partial charge in [0.1, 0.15) is 5.78 Å². The lowest BCUT2D eigenvalue weighted by Crippen LogP contribution is -2.65. The molecule has 0 bridgehead atoms. The normalized spacial score (nSPS) is 47.1. The van der Waals surface area contributed by atoms with Gasteiger partial charge in [-0.2, -0.15) is 0 Å². The summed E-state index contributed by atoms with van der Waals surface area (Å²) in [6.45, 7) is 21.2. The number of hydrogen-bond donors (Lipinski definition) is 0. The Morgan fingerprint density at radius 3 is 2.25 bits per heavy atom. The van der Waals surface area contributed by atoms with Gasteiger partial charge in [0, 0.05) is 11.8 Å². The first-order valence-electron chi connectivity index (χ1n) is 14.6. The van der Waals surface area contributed by atoms with E-state index in [2.05, 4.69) is 61.1 Å². The summed E-state index contributed by atoms with van der Waals surface area (Å²) in [5.41, 5.74) is 2.88. The second-order valence-corrected chi connectivity index (χ2v) is 15.5. The van der Waals surface area contributed by atoms with Crippen LogP contribution in [0.25, 0.3) is 0 Å². The van der Waals surface area contributed by atoms with Gasteiger partial charge in [-0.1, -0.05) is 66.7 Å². The van der Waals surface area contributed by atoms with Gasteiger partial charge in [-0.3, -0.25) is 9.59 Å². The van der Waals surface area contributed by atoms with Crippen molar-refractivity contribution in [1.29, 1.82) is 0 Å². The highest BCUT2D eigenvalue weighted by molar-refractivity contribution is 5.85. The molecule has 0 spiro atoms. The molecule has 0 aromatic heterocycles. The largest absolute Gasteiger partial charge is 0.469 e. The van der Waals surface area contributed by atoms with E-state index in [1.54, 1.807) is 12.7 Å². The second-order valence-electron chi connectivity index (χ2n) is 15.5. The fraction of sp³-hybridized carbons (Fsp3) is 0.818. The minimum Gasteiger partial charge on any atom is -0.469 e. The molecule has 5 aliphatic rings. The molecule has 0 aliphatic heterocycles. The molecule has 5 aliphatic carbocycles. The fourth-order valence-electron chi connectivity index (χ4n) is 11.0. The zero-order valence-electron chi connectivity index (χ0n) is 24.3. The first-order chi connectivity index (χ1) is 16.6. The number of esters is 1. The van der Waals surface area contributed by atoms with E-state index in [0.717, 1.165) is 51.4 Å². The summed E-state index contributed by atoms with van der Waals surface area (Å²) in [5.74, 6) is 1.66. The summed E-state index contributed by atoms with van der Waals surface area (Å²) in [6.07, 6.45) is 12.2. The highest BCUT2D eigenvalue weighted by Crippen LogP contribution is 2.76. The van der Waals surface area contributed by atoms with Crippen molar-refractivity contribution in [3.05, 3.63) is 23.8 Å². The van der Waals surface area contributed by atoms with Crippen LogP contribution in [0.15, 0.2) is 23.8 Å². The molecule has 0 amide bonds. The van der Waals surface area contributed by atoms with E-state index in [1.165, 1.54) is 12.0 Å².